The summed E-state index contributed by atoms with van der Waals surface area (Å²) in [5.74, 6) is -0.264. The Morgan fingerprint density at radius 3 is 2.31 bits per heavy atom. The first-order valence-corrected chi connectivity index (χ1v) is 8.71. The van der Waals surface area contributed by atoms with Gasteiger partial charge in [-0.05, 0) is 37.5 Å². The number of hydrogen-bond acceptors (Lipinski definition) is 2. The molecular formula is C22H22N2O2. The van der Waals surface area contributed by atoms with Crippen LogP contribution >= 0.6 is 0 Å². The quantitative estimate of drug-likeness (QED) is 0.638. The minimum Gasteiger partial charge on any atom is -0.354 e. The van der Waals surface area contributed by atoms with Crippen LogP contribution in [0.1, 0.15) is 46.0 Å². The first-order chi connectivity index (χ1) is 12.5. The lowest BCUT2D eigenvalue weighted by Gasteiger charge is -2.11. The number of amides is 1. The second kappa shape index (κ2) is 7.40. The predicted molar refractivity (Wildman–Crippen MR) is 105 cm³/mol. The van der Waals surface area contributed by atoms with Gasteiger partial charge in [0.05, 0.1) is 0 Å². The molecule has 0 saturated carbocycles. The van der Waals surface area contributed by atoms with Gasteiger partial charge in [-0.1, -0.05) is 55.5 Å². The molecule has 0 radical (unpaired) electrons. The second-order valence-corrected chi connectivity index (χ2v) is 6.25. The fourth-order valence-electron chi connectivity index (χ4n) is 3.35. The summed E-state index contributed by atoms with van der Waals surface area (Å²) in [4.78, 5) is 27.9. The van der Waals surface area contributed by atoms with Gasteiger partial charge in [-0.3, -0.25) is 9.59 Å². The lowest BCUT2D eigenvalue weighted by atomic mass is 10.0. The molecule has 1 aromatic heterocycles. The third-order valence-corrected chi connectivity index (χ3v) is 4.48. The zero-order valence-electron chi connectivity index (χ0n) is 15.2. The summed E-state index contributed by atoms with van der Waals surface area (Å²) in [5.41, 5.74) is 5.30. The Labute approximate surface area is 153 Å². The lowest BCUT2D eigenvalue weighted by Crippen LogP contribution is -2.15. The number of nitrogens with one attached hydrogen (secondary N) is 2. The largest absolute Gasteiger partial charge is 0.354 e. The van der Waals surface area contributed by atoms with Crippen LogP contribution in [0, 0.1) is 6.92 Å². The fourth-order valence-corrected chi connectivity index (χ4v) is 3.35. The molecule has 0 aliphatic carbocycles. The van der Waals surface area contributed by atoms with Crippen LogP contribution in [0.15, 0.2) is 54.6 Å². The zero-order chi connectivity index (χ0) is 18.7. The van der Waals surface area contributed by atoms with Crippen molar-refractivity contribution in [3.05, 3.63) is 77.1 Å². The number of carbonyl (C=O) groups excluding carboxylic acids is 2. The molecule has 0 spiro atoms. The summed E-state index contributed by atoms with van der Waals surface area (Å²) in [6, 6.07) is 17.6. The van der Waals surface area contributed by atoms with Crippen LogP contribution in [0.2, 0.25) is 0 Å². The van der Waals surface area contributed by atoms with Crippen LogP contribution in [0.4, 0.5) is 5.69 Å². The Morgan fingerprint density at radius 2 is 1.65 bits per heavy atom. The van der Waals surface area contributed by atoms with E-state index in [1.807, 2.05) is 68.4 Å². The number of rotatable bonds is 5. The molecule has 4 nitrogen and oxygen atoms in total. The predicted octanol–water partition coefficient (Wildman–Crippen LogP) is 5.01. The highest BCUT2D eigenvalue weighted by Gasteiger charge is 2.22. The van der Waals surface area contributed by atoms with Crippen molar-refractivity contribution in [2.75, 3.05) is 5.32 Å². The van der Waals surface area contributed by atoms with Gasteiger partial charge < -0.3 is 10.3 Å². The smallest absolute Gasteiger partial charge is 0.272 e. The van der Waals surface area contributed by atoms with Crippen molar-refractivity contribution in [2.24, 2.45) is 0 Å². The molecular weight excluding hydrogens is 324 g/mol. The topological polar surface area (TPSA) is 62.0 Å². The normalized spacial score (nSPS) is 10.6. The summed E-state index contributed by atoms with van der Waals surface area (Å²) >= 11 is 0. The number of benzene rings is 2. The van der Waals surface area contributed by atoms with E-state index in [1.165, 1.54) is 6.92 Å². The summed E-state index contributed by atoms with van der Waals surface area (Å²) in [5, 5.41) is 3.00. The summed E-state index contributed by atoms with van der Waals surface area (Å²) < 4.78 is 0. The molecule has 2 aromatic carbocycles. The molecule has 0 saturated heterocycles. The van der Waals surface area contributed by atoms with Gasteiger partial charge in [0.15, 0.2) is 5.78 Å². The van der Waals surface area contributed by atoms with E-state index in [2.05, 4.69) is 10.3 Å². The molecule has 0 atom stereocenters. The molecule has 0 fully saturated rings. The maximum absolute atomic E-state index is 12.9. The Balaban J connectivity index is 1.98. The summed E-state index contributed by atoms with van der Waals surface area (Å²) in [6.07, 6.45) is 0.613. The molecule has 4 heteroatoms. The van der Waals surface area contributed by atoms with Crippen LogP contribution in [0.5, 0.6) is 0 Å². The number of aromatic nitrogens is 1. The monoisotopic (exact) mass is 346 g/mol. The Bertz CT molecular complexity index is 956. The van der Waals surface area contributed by atoms with Gasteiger partial charge in [-0.2, -0.15) is 0 Å². The number of H-pyrrole nitrogens is 1. The van der Waals surface area contributed by atoms with Crippen LogP contribution in [0.3, 0.4) is 0 Å². The molecule has 0 unspecified atom stereocenters. The SMILES string of the molecule is CCc1c(C(=O)Nc2ccccc2-c2ccccc2)[nH]c(C)c1C(C)=O. The van der Waals surface area contributed by atoms with Crippen molar-refractivity contribution in [3.63, 3.8) is 0 Å². The zero-order valence-corrected chi connectivity index (χ0v) is 15.2. The highest BCUT2D eigenvalue weighted by atomic mass is 16.2. The first kappa shape index (κ1) is 17.7. The number of para-hydroxylation sites is 1. The van der Waals surface area contributed by atoms with Crippen molar-refractivity contribution < 1.29 is 9.59 Å². The number of ketones is 1. The van der Waals surface area contributed by atoms with Gasteiger partial charge in [-0.15, -0.1) is 0 Å². The lowest BCUT2D eigenvalue weighted by molar-refractivity contribution is 0.101. The number of Topliss-reactive ketones (excluding diaryl/α,β-unsaturated/α-hetero) is 1. The minimum absolute atomic E-state index is 0.0284. The molecule has 2 N–H and O–H groups in total. The van der Waals surface area contributed by atoms with E-state index >= 15 is 0 Å². The third-order valence-electron chi connectivity index (χ3n) is 4.48. The molecule has 0 aliphatic heterocycles. The Hall–Kier alpha value is -3.14. The van der Waals surface area contributed by atoms with Gasteiger partial charge in [0.25, 0.3) is 5.91 Å². The molecule has 1 amide bonds. The van der Waals surface area contributed by atoms with Crippen molar-refractivity contribution in [1.82, 2.24) is 4.98 Å². The Kier molecular flexibility index (Phi) is 5.03. The summed E-state index contributed by atoms with van der Waals surface area (Å²) in [7, 11) is 0. The highest BCUT2D eigenvalue weighted by molar-refractivity contribution is 6.09. The van der Waals surface area contributed by atoms with Gasteiger partial charge in [0.2, 0.25) is 0 Å². The van der Waals surface area contributed by atoms with Gasteiger partial charge in [0.1, 0.15) is 5.69 Å². The maximum Gasteiger partial charge on any atom is 0.272 e. The van der Waals surface area contributed by atoms with Crippen LogP contribution < -0.4 is 5.32 Å². The second-order valence-electron chi connectivity index (χ2n) is 6.25. The number of carbonyl (C=O) groups is 2. The average molecular weight is 346 g/mol. The first-order valence-electron chi connectivity index (χ1n) is 8.71. The maximum atomic E-state index is 12.9. The number of hydrogen-bond donors (Lipinski definition) is 2. The van der Waals surface area contributed by atoms with Gasteiger partial charge >= 0.3 is 0 Å². The van der Waals surface area contributed by atoms with Crippen LogP contribution in [0.25, 0.3) is 11.1 Å². The van der Waals surface area contributed by atoms with Gasteiger partial charge in [-0.25, -0.2) is 0 Å². The number of anilines is 1. The van der Waals surface area contributed by atoms with Crippen molar-refractivity contribution >= 4 is 17.4 Å². The molecule has 26 heavy (non-hydrogen) atoms. The number of aromatic amines is 1. The van der Waals surface area contributed by atoms with Crippen LogP contribution in [-0.2, 0) is 6.42 Å². The molecule has 0 bridgehead atoms. The van der Waals surface area contributed by atoms with E-state index in [0.29, 0.717) is 17.7 Å². The van der Waals surface area contributed by atoms with E-state index in [0.717, 1.165) is 28.1 Å². The molecule has 3 rings (SSSR count). The Morgan fingerprint density at radius 1 is 1.00 bits per heavy atom. The molecule has 132 valence electrons. The van der Waals surface area contributed by atoms with E-state index in [-0.39, 0.29) is 11.7 Å². The standard InChI is InChI=1S/C22H22N2O2/c1-4-17-20(15(3)25)14(2)23-21(17)22(26)24-19-13-9-8-12-18(19)16-10-6-5-7-11-16/h5-13,23H,4H2,1-3H3,(H,24,26). The van der Waals surface area contributed by atoms with Crippen molar-refractivity contribution in [2.45, 2.75) is 27.2 Å². The minimum atomic E-state index is -0.235. The molecule has 3 aromatic rings. The summed E-state index contributed by atoms with van der Waals surface area (Å²) in [6.45, 7) is 5.30. The average Bonchev–Trinajstić information content (AvgIpc) is 2.99. The highest BCUT2D eigenvalue weighted by Crippen LogP contribution is 2.28. The fraction of sp³-hybridized carbons (Fsp3) is 0.182. The molecule has 1 heterocycles. The van der Waals surface area contributed by atoms with E-state index in [4.69, 9.17) is 0 Å². The number of aryl methyl sites for hydroxylation is 1. The van der Waals surface area contributed by atoms with Crippen LogP contribution in [-0.4, -0.2) is 16.7 Å². The van der Waals surface area contributed by atoms with Crippen molar-refractivity contribution in [3.8, 4) is 11.1 Å². The molecule has 0 aliphatic rings. The van der Waals surface area contributed by atoms with Gasteiger partial charge in [0, 0.05) is 22.5 Å². The van der Waals surface area contributed by atoms with Crippen molar-refractivity contribution in [1.29, 1.82) is 0 Å². The van der Waals surface area contributed by atoms with E-state index < -0.39 is 0 Å². The van der Waals surface area contributed by atoms with E-state index in [9.17, 15) is 9.59 Å². The third kappa shape index (κ3) is 3.31. The van der Waals surface area contributed by atoms with E-state index in [1.54, 1.807) is 0 Å².